The number of nitrogens with zero attached hydrogens (tertiary/aromatic N) is 1. The standard InChI is InChI=1S/C16H23NO4/c1-20-11-8-17(7-10-19)13-14-5-6-16(21-2)15(12-14)4-3-9-18/h5-6,12,18-19H,7-11,13H2,1-2H3. The second-order valence-electron chi connectivity index (χ2n) is 4.49. The van der Waals surface area contributed by atoms with Crippen LogP contribution in [0.15, 0.2) is 18.2 Å². The van der Waals surface area contributed by atoms with Crippen LogP contribution >= 0.6 is 0 Å². The van der Waals surface area contributed by atoms with E-state index >= 15 is 0 Å². The van der Waals surface area contributed by atoms with E-state index in [9.17, 15) is 0 Å². The quantitative estimate of drug-likeness (QED) is 0.683. The van der Waals surface area contributed by atoms with Crippen LogP contribution in [0.25, 0.3) is 0 Å². The summed E-state index contributed by atoms with van der Waals surface area (Å²) in [6, 6.07) is 5.78. The predicted octanol–water partition coefficient (Wildman–Crippen LogP) is 0.480. The van der Waals surface area contributed by atoms with Gasteiger partial charge >= 0.3 is 0 Å². The van der Waals surface area contributed by atoms with E-state index in [0.717, 1.165) is 17.7 Å². The van der Waals surface area contributed by atoms with Crippen molar-refractivity contribution in [2.45, 2.75) is 6.54 Å². The molecule has 116 valence electrons. The van der Waals surface area contributed by atoms with Gasteiger partial charge in [0.1, 0.15) is 12.4 Å². The van der Waals surface area contributed by atoms with E-state index in [1.807, 2.05) is 18.2 Å². The second kappa shape index (κ2) is 10.2. The molecule has 2 N–H and O–H groups in total. The van der Waals surface area contributed by atoms with E-state index in [0.29, 0.717) is 25.4 Å². The molecule has 0 saturated heterocycles. The third kappa shape index (κ3) is 6.15. The number of methoxy groups -OCH3 is 2. The fourth-order valence-corrected chi connectivity index (χ4v) is 1.98. The van der Waals surface area contributed by atoms with Crippen LogP contribution < -0.4 is 4.74 Å². The number of aliphatic hydroxyl groups is 2. The zero-order valence-corrected chi connectivity index (χ0v) is 12.6. The highest BCUT2D eigenvalue weighted by Gasteiger charge is 2.08. The minimum atomic E-state index is -0.183. The van der Waals surface area contributed by atoms with Gasteiger partial charge in [-0.15, -0.1) is 0 Å². The monoisotopic (exact) mass is 293 g/mol. The molecule has 0 unspecified atom stereocenters. The molecule has 0 atom stereocenters. The summed E-state index contributed by atoms with van der Waals surface area (Å²) in [6.45, 7) is 2.58. The predicted molar refractivity (Wildman–Crippen MR) is 81.2 cm³/mol. The number of hydrogen-bond donors (Lipinski definition) is 2. The Kier molecular flexibility index (Phi) is 8.48. The highest BCUT2D eigenvalue weighted by atomic mass is 16.5. The molecule has 0 fully saturated rings. The number of ether oxygens (including phenoxy) is 2. The van der Waals surface area contributed by atoms with Crippen molar-refractivity contribution in [3.05, 3.63) is 29.3 Å². The normalized spacial score (nSPS) is 10.3. The summed E-state index contributed by atoms with van der Waals surface area (Å²) >= 11 is 0. The van der Waals surface area contributed by atoms with Gasteiger partial charge in [-0.2, -0.15) is 0 Å². The lowest BCUT2D eigenvalue weighted by Gasteiger charge is -2.21. The van der Waals surface area contributed by atoms with Crippen molar-refractivity contribution in [3.63, 3.8) is 0 Å². The summed E-state index contributed by atoms with van der Waals surface area (Å²) < 4.78 is 10.3. The Bertz CT molecular complexity index is 479. The minimum absolute atomic E-state index is 0.108. The van der Waals surface area contributed by atoms with E-state index in [1.165, 1.54) is 0 Å². The van der Waals surface area contributed by atoms with Gasteiger partial charge < -0.3 is 19.7 Å². The molecule has 0 spiro atoms. The largest absolute Gasteiger partial charge is 0.495 e. The average molecular weight is 293 g/mol. The lowest BCUT2D eigenvalue weighted by atomic mass is 10.1. The zero-order chi connectivity index (χ0) is 15.5. The van der Waals surface area contributed by atoms with E-state index < -0.39 is 0 Å². The van der Waals surface area contributed by atoms with Crippen LogP contribution in [0.5, 0.6) is 5.75 Å². The van der Waals surface area contributed by atoms with E-state index in [4.69, 9.17) is 19.7 Å². The smallest absolute Gasteiger partial charge is 0.134 e. The van der Waals surface area contributed by atoms with Gasteiger partial charge in [0.2, 0.25) is 0 Å². The first-order valence-corrected chi connectivity index (χ1v) is 6.84. The van der Waals surface area contributed by atoms with Crippen LogP contribution in [-0.4, -0.2) is 62.2 Å². The van der Waals surface area contributed by atoms with Crippen LogP contribution in [-0.2, 0) is 11.3 Å². The van der Waals surface area contributed by atoms with Gasteiger partial charge in [-0.05, 0) is 17.7 Å². The Hall–Kier alpha value is -1.58. The molecule has 5 nitrogen and oxygen atoms in total. The molecule has 0 amide bonds. The summed E-state index contributed by atoms with van der Waals surface area (Å²) in [7, 11) is 3.25. The molecule has 0 radical (unpaired) electrons. The fourth-order valence-electron chi connectivity index (χ4n) is 1.98. The lowest BCUT2D eigenvalue weighted by molar-refractivity contribution is 0.127. The molecule has 0 aliphatic rings. The molecule has 0 saturated carbocycles. The summed E-state index contributed by atoms with van der Waals surface area (Å²) in [4.78, 5) is 2.11. The molecule has 0 heterocycles. The van der Waals surface area contributed by atoms with Gasteiger partial charge in [0, 0.05) is 26.7 Å². The van der Waals surface area contributed by atoms with Crippen molar-refractivity contribution in [2.75, 3.05) is 47.1 Å². The maximum absolute atomic E-state index is 9.11. The van der Waals surface area contributed by atoms with E-state index in [2.05, 4.69) is 16.7 Å². The second-order valence-corrected chi connectivity index (χ2v) is 4.49. The summed E-state index contributed by atoms with van der Waals surface area (Å²) in [6.07, 6.45) is 0. The van der Waals surface area contributed by atoms with Gasteiger partial charge in [-0.3, -0.25) is 4.90 Å². The van der Waals surface area contributed by atoms with Gasteiger partial charge in [-0.1, -0.05) is 17.9 Å². The Morgan fingerprint density at radius 2 is 2.00 bits per heavy atom. The molecular formula is C16H23NO4. The van der Waals surface area contributed by atoms with Crippen LogP contribution in [0, 0.1) is 11.8 Å². The van der Waals surface area contributed by atoms with Crippen molar-refractivity contribution in [1.82, 2.24) is 4.90 Å². The topological polar surface area (TPSA) is 62.2 Å². The van der Waals surface area contributed by atoms with Gasteiger partial charge in [-0.25, -0.2) is 0 Å². The minimum Gasteiger partial charge on any atom is -0.495 e. The van der Waals surface area contributed by atoms with Crippen LogP contribution in [0.4, 0.5) is 0 Å². The summed E-state index contributed by atoms with van der Waals surface area (Å²) in [5.74, 6) is 6.20. The molecule has 0 aliphatic heterocycles. The summed E-state index contributed by atoms with van der Waals surface area (Å²) in [5, 5.41) is 17.9. The first-order valence-electron chi connectivity index (χ1n) is 6.84. The van der Waals surface area contributed by atoms with Crippen LogP contribution in [0.2, 0.25) is 0 Å². The van der Waals surface area contributed by atoms with Crippen molar-refractivity contribution in [3.8, 4) is 17.6 Å². The lowest BCUT2D eigenvalue weighted by Crippen LogP contribution is -2.29. The molecule has 0 bridgehead atoms. The van der Waals surface area contributed by atoms with Crippen LogP contribution in [0.3, 0.4) is 0 Å². The number of aliphatic hydroxyl groups excluding tert-OH is 2. The molecular weight excluding hydrogens is 270 g/mol. The van der Waals surface area contributed by atoms with Gasteiger partial charge in [0.15, 0.2) is 0 Å². The first-order chi connectivity index (χ1) is 10.2. The first kappa shape index (κ1) is 17.5. The van der Waals surface area contributed by atoms with Crippen molar-refractivity contribution < 1.29 is 19.7 Å². The Labute approximate surface area is 126 Å². The van der Waals surface area contributed by atoms with Crippen molar-refractivity contribution >= 4 is 0 Å². The molecule has 5 heteroatoms. The SMILES string of the molecule is COCCN(CCO)Cc1ccc(OC)c(C#CCO)c1. The Morgan fingerprint density at radius 1 is 1.19 bits per heavy atom. The Balaban J connectivity index is 2.85. The van der Waals surface area contributed by atoms with E-state index in [-0.39, 0.29) is 13.2 Å². The Morgan fingerprint density at radius 3 is 2.62 bits per heavy atom. The molecule has 0 aliphatic carbocycles. The van der Waals surface area contributed by atoms with Crippen molar-refractivity contribution in [1.29, 1.82) is 0 Å². The number of hydrogen-bond acceptors (Lipinski definition) is 5. The molecule has 0 aromatic heterocycles. The molecule has 1 aromatic carbocycles. The maximum Gasteiger partial charge on any atom is 0.134 e. The fraction of sp³-hybridized carbons (Fsp3) is 0.500. The third-order valence-corrected chi connectivity index (χ3v) is 3.00. The third-order valence-electron chi connectivity index (χ3n) is 3.00. The molecule has 21 heavy (non-hydrogen) atoms. The highest BCUT2D eigenvalue weighted by Crippen LogP contribution is 2.19. The van der Waals surface area contributed by atoms with Gasteiger partial charge in [0.25, 0.3) is 0 Å². The summed E-state index contributed by atoms with van der Waals surface area (Å²) in [5.41, 5.74) is 1.82. The highest BCUT2D eigenvalue weighted by molar-refractivity contribution is 5.48. The zero-order valence-electron chi connectivity index (χ0n) is 12.6. The van der Waals surface area contributed by atoms with Crippen molar-refractivity contribution in [2.24, 2.45) is 0 Å². The van der Waals surface area contributed by atoms with Crippen LogP contribution in [0.1, 0.15) is 11.1 Å². The number of benzene rings is 1. The molecule has 1 rings (SSSR count). The average Bonchev–Trinajstić information content (AvgIpc) is 2.51. The maximum atomic E-state index is 9.11. The molecule has 1 aromatic rings. The number of rotatable bonds is 8. The van der Waals surface area contributed by atoms with Gasteiger partial charge in [0.05, 0.1) is 25.9 Å². The van der Waals surface area contributed by atoms with E-state index in [1.54, 1.807) is 14.2 Å².